The van der Waals surface area contributed by atoms with Crippen molar-refractivity contribution in [3.8, 4) is 6.07 Å². The molecule has 0 spiro atoms. The Kier molecular flexibility index (Phi) is 3.91. The molecular weight excluding hydrogens is 240 g/mol. The van der Waals surface area contributed by atoms with E-state index in [1.54, 1.807) is 11.8 Å². The van der Waals surface area contributed by atoms with Crippen LogP contribution in [-0.4, -0.2) is 0 Å². The minimum Gasteiger partial charge on any atom is -0.398 e. The van der Waals surface area contributed by atoms with Gasteiger partial charge in [0.1, 0.15) is 0 Å². The van der Waals surface area contributed by atoms with Gasteiger partial charge in [-0.2, -0.15) is 5.26 Å². The van der Waals surface area contributed by atoms with E-state index in [0.29, 0.717) is 5.56 Å². The molecule has 2 N–H and O–H groups in total. The Morgan fingerprint density at radius 1 is 1.17 bits per heavy atom. The van der Waals surface area contributed by atoms with Crippen LogP contribution in [0.2, 0.25) is 0 Å². The van der Waals surface area contributed by atoms with Crippen LogP contribution in [0.1, 0.15) is 16.7 Å². The van der Waals surface area contributed by atoms with Crippen molar-refractivity contribution in [3.05, 3.63) is 59.2 Å². The maximum atomic E-state index is 8.73. The molecule has 0 atom stereocenters. The molecule has 2 aromatic rings. The average molecular weight is 254 g/mol. The fourth-order valence-electron chi connectivity index (χ4n) is 1.60. The molecule has 0 aliphatic heterocycles. The number of nitrogens with zero attached hydrogens (tertiary/aromatic N) is 1. The molecule has 0 fully saturated rings. The van der Waals surface area contributed by atoms with E-state index in [-0.39, 0.29) is 0 Å². The van der Waals surface area contributed by atoms with Crippen molar-refractivity contribution in [2.75, 3.05) is 5.73 Å². The van der Waals surface area contributed by atoms with E-state index >= 15 is 0 Å². The third kappa shape index (κ3) is 3.06. The Balaban J connectivity index is 2.07. The molecule has 2 nitrogen and oxygen atoms in total. The molecule has 2 rings (SSSR count). The van der Waals surface area contributed by atoms with E-state index in [9.17, 15) is 0 Å². The van der Waals surface area contributed by atoms with Crippen molar-refractivity contribution in [3.63, 3.8) is 0 Å². The summed E-state index contributed by atoms with van der Waals surface area (Å²) in [6.07, 6.45) is 0. The summed E-state index contributed by atoms with van der Waals surface area (Å²) < 4.78 is 0. The fraction of sp³-hybridized carbons (Fsp3) is 0.133. The summed E-state index contributed by atoms with van der Waals surface area (Å²) in [7, 11) is 0. The zero-order valence-electron chi connectivity index (χ0n) is 10.2. The van der Waals surface area contributed by atoms with Gasteiger partial charge in [-0.25, -0.2) is 0 Å². The highest BCUT2D eigenvalue weighted by molar-refractivity contribution is 7.98. The van der Waals surface area contributed by atoms with Crippen LogP contribution in [0.25, 0.3) is 0 Å². The molecule has 0 saturated carbocycles. The molecule has 0 radical (unpaired) electrons. The number of aryl methyl sites for hydroxylation is 1. The SMILES string of the molecule is Cc1ccc(N)c(SCc2ccc(C#N)cc2)c1. The van der Waals surface area contributed by atoms with Crippen molar-refractivity contribution in [2.24, 2.45) is 0 Å². The van der Waals surface area contributed by atoms with E-state index in [4.69, 9.17) is 11.0 Å². The molecule has 2 aromatic carbocycles. The van der Waals surface area contributed by atoms with Gasteiger partial charge in [0.05, 0.1) is 11.6 Å². The van der Waals surface area contributed by atoms with Crippen LogP contribution in [0, 0.1) is 18.3 Å². The Hall–Kier alpha value is -1.92. The first-order valence-corrected chi connectivity index (χ1v) is 6.65. The normalized spacial score (nSPS) is 10.0. The number of hydrogen-bond donors (Lipinski definition) is 1. The quantitative estimate of drug-likeness (QED) is 0.670. The molecule has 0 unspecified atom stereocenters. The summed E-state index contributed by atoms with van der Waals surface area (Å²) in [5.74, 6) is 0.860. The van der Waals surface area contributed by atoms with Gasteiger partial charge >= 0.3 is 0 Å². The van der Waals surface area contributed by atoms with Gasteiger partial charge in [-0.3, -0.25) is 0 Å². The second-order valence-corrected chi connectivity index (χ2v) is 5.16. The first kappa shape index (κ1) is 12.5. The number of anilines is 1. The van der Waals surface area contributed by atoms with Crippen molar-refractivity contribution in [2.45, 2.75) is 17.6 Å². The van der Waals surface area contributed by atoms with E-state index in [2.05, 4.69) is 19.1 Å². The van der Waals surface area contributed by atoms with E-state index in [0.717, 1.165) is 16.3 Å². The predicted octanol–water partition coefficient (Wildman–Crippen LogP) is 3.74. The van der Waals surface area contributed by atoms with Gasteiger partial charge in [0.15, 0.2) is 0 Å². The monoisotopic (exact) mass is 254 g/mol. The lowest BCUT2D eigenvalue weighted by atomic mass is 10.2. The number of nitrogens with two attached hydrogens (primary N) is 1. The first-order chi connectivity index (χ1) is 8.69. The molecule has 3 heteroatoms. The second-order valence-electron chi connectivity index (χ2n) is 4.14. The van der Waals surface area contributed by atoms with Crippen molar-refractivity contribution >= 4 is 17.4 Å². The second kappa shape index (κ2) is 5.61. The summed E-state index contributed by atoms with van der Waals surface area (Å²) in [6, 6.07) is 15.8. The number of nitriles is 1. The molecule has 0 bridgehead atoms. The number of hydrogen-bond acceptors (Lipinski definition) is 3. The summed E-state index contributed by atoms with van der Waals surface area (Å²) in [6.45, 7) is 2.06. The maximum Gasteiger partial charge on any atom is 0.0991 e. The number of nitrogen functional groups attached to an aromatic ring is 1. The highest BCUT2D eigenvalue weighted by atomic mass is 32.2. The lowest BCUT2D eigenvalue weighted by Crippen LogP contribution is -1.90. The highest BCUT2D eigenvalue weighted by Crippen LogP contribution is 2.28. The zero-order chi connectivity index (χ0) is 13.0. The standard InChI is InChI=1S/C15H14N2S/c1-11-2-7-14(17)15(8-11)18-10-13-5-3-12(9-16)4-6-13/h2-8H,10,17H2,1H3. The summed E-state index contributed by atoms with van der Waals surface area (Å²) >= 11 is 1.72. The maximum absolute atomic E-state index is 8.73. The van der Waals surface area contributed by atoms with Crippen LogP contribution in [0.5, 0.6) is 0 Å². The van der Waals surface area contributed by atoms with Gasteiger partial charge in [-0.05, 0) is 42.3 Å². The van der Waals surface area contributed by atoms with Gasteiger partial charge in [-0.15, -0.1) is 11.8 Å². The number of benzene rings is 2. The topological polar surface area (TPSA) is 49.8 Å². The third-order valence-electron chi connectivity index (χ3n) is 2.65. The smallest absolute Gasteiger partial charge is 0.0991 e. The van der Waals surface area contributed by atoms with Gasteiger partial charge in [0.25, 0.3) is 0 Å². The van der Waals surface area contributed by atoms with Crippen LogP contribution in [0.3, 0.4) is 0 Å². The van der Waals surface area contributed by atoms with Crippen molar-refractivity contribution < 1.29 is 0 Å². The molecule has 0 aliphatic carbocycles. The fourth-order valence-corrected chi connectivity index (χ4v) is 2.62. The largest absolute Gasteiger partial charge is 0.398 e. The predicted molar refractivity (Wildman–Crippen MR) is 76.3 cm³/mol. The molecule has 0 heterocycles. The molecule has 18 heavy (non-hydrogen) atoms. The Morgan fingerprint density at radius 3 is 2.56 bits per heavy atom. The summed E-state index contributed by atoms with van der Waals surface area (Å²) in [5, 5.41) is 8.73. The lowest BCUT2D eigenvalue weighted by molar-refractivity contribution is 1.34. The summed E-state index contributed by atoms with van der Waals surface area (Å²) in [4.78, 5) is 1.11. The number of rotatable bonds is 3. The van der Waals surface area contributed by atoms with Crippen molar-refractivity contribution in [1.82, 2.24) is 0 Å². The average Bonchev–Trinajstić information content (AvgIpc) is 2.40. The van der Waals surface area contributed by atoms with Crippen LogP contribution in [-0.2, 0) is 5.75 Å². The van der Waals surface area contributed by atoms with Crippen LogP contribution < -0.4 is 5.73 Å². The molecule has 0 amide bonds. The van der Waals surface area contributed by atoms with Gasteiger partial charge in [-0.1, -0.05) is 18.2 Å². The minimum absolute atomic E-state index is 0.693. The van der Waals surface area contributed by atoms with Gasteiger partial charge < -0.3 is 5.73 Å². The molecule has 0 aromatic heterocycles. The van der Waals surface area contributed by atoms with Crippen LogP contribution in [0.15, 0.2) is 47.4 Å². The van der Waals surface area contributed by atoms with E-state index in [1.807, 2.05) is 36.4 Å². The Bertz CT molecular complexity index is 582. The highest BCUT2D eigenvalue weighted by Gasteiger charge is 2.01. The molecule has 0 aliphatic rings. The summed E-state index contributed by atoms with van der Waals surface area (Å²) in [5.41, 5.74) is 9.86. The Labute approximate surface area is 111 Å². The van der Waals surface area contributed by atoms with Crippen molar-refractivity contribution in [1.29, 1.82) is 5.26 Å². The first-order valence-electron chi connectivity index (χ1n) is 5.67. The van der Waals surface area contributed by atoms with E-state index < -0.39 is 0 Å². The molecule has 90 valence electrons. The Morgan fingerprint density at radius 2 is 1.89 bits per heavy atom. The molecular formula is C15H14N2S. The van der Waals surface area contributed by atoms with Crippen LogP contribution >= 0.6 is 11.8 Å². The zero-order valence-corrected chi connectivity index (χ0v) is 11.0. The minimum atomic E-state index is 0.693. The van der Waals surface area contributed by atoms with Gasteiger partial charge in [0.2, 0.25) is 0 Å². The van der Waals surface area contributed by atoms with Gasteiger partial charge in [0, 0.05) is 16.3 Å². The lowest BCUT2D eigenvalue weighted by Gasteiger charge is -2.06. The third-order valence-corrected chi connectivity index (χ3v) is 3.79. The number of thioether (sulfide) groups is 1. The van der Waals surface area contributed by atoms with E-state index in [1.165, 1.54) is 11.1 Å². The van der Waals surface area contributed by atoms with Crippen LogP contribution in [0.4, 0.5) is 5.69 Å². The molecule has 0 saturated heterocycles.